The molecule has 0 fully saturated rings. The van der Waals surface area contributed by atoms with Crippen molar-refractivity contribution in [2.75, 3.05) is 0 Å². The van der Waals surface area contributed by atoms with Crippen LogP contribution in [0.25, 0.3) is 0 Å². The number of hydrogen-bond donors (Lipinski definition) is 0. The van der Waals surface area contributed by atoms with Crippen molar-refractivity contribution in [1.82, 2.24) is 4.98 Å². The number of hydrogen-bond acceptors (Lipinski definition) is 2. The van der Waals surface area contributed by atoms with E-state index in [-0.39, 0.29) is 10.4 Å². The van der Waals surface area contributed by atoms with Crippen molar-refractivity contribution >= 4 is 27.5 Å². The van der Waals surface area contributed by atoms with Crippen molar-refractivity contribution in [1.29, 1.82) is 0 Å². The minimum Gasteiger partial charge on any atom is -0.387 e. The van der Waals surface area contributed by atoms with Crippen molar-refractivity contribution in [2.24, 2.45) is 0 Å². The van der Waals surface area contributed by atoms with Crippen LogP contribution in [0.4, 0.5) is 13.2 Å². The summed E-state index contributed by atoms with van der Waals surface area (Å²) in [6.07, 6.45) is -4.75. The van der Waals surface area contributed by atoms with Gasteiger partial charge in [-0.1, -0.05) is 0 Å². The van der Waals surface area contributed by atoms with Gasteiger partial charge in [-0.25, -0.2) is 4.98 Å². The third kappa shape index (κ3) is 3.34. The van der Waals surface area contributed by atoms with Crippen LogP contribution in [0.5, 0.6) is 5.88 Å². The summed E-state index contributed by atoms with van der Waals surface area (Å²) in [5.41, 5.74) is 0.314. The highest BCUT2D eigenvalue weighted by atomic mass is 79.9. The largest absolute Gasteiger partial charge is 0.574 e. The third-order valence-corrected chi connectivity index (χ3v) is 2.10. The van der Waals surface area contributed by atoms with Crippen LogP contribution in [0.2, 0.25) is 0 Å². The van der Waals surface area contributed by atoms with E-state index in [1.165, 1.54) is 12.1 Å². The predicted molar refractivity (Wildman–Crippen MR) is 48.2 cm³/mol. The molecule has 1 heterocycles. The van der Waals surface area contributed by atoms with Crippen molar-refractivity contribution < 1.29 is 17.9 Å². The lowest BCUT2D eigenvalue weighted by atomic mass is 10.4. The topological polar surface area (TPSA) is 22.1 Å². The molecule has 78 valence electrons. The van der Waals surface area contributed by atoms with Gasteiger partial charge in [-0.3, -0.25) is 0 Å². The van der Waals surface area contributed by atoms with E-state index >= 15 is 0 Å². The fraction of sp³-hybridized carbons (Fsp3) is 0.286. The lowest BCUT2D eigenvalue weighted by Gasteiger charge is -2.09. The van der Waals surface area contributed by atoms with Crippen LogP contribution in [0, 0.1) is 0 Å². The highest BCUT2D eigenvalue weighted by Crippen LogP contribution is 2.28. The zero-order chi connectivity index (χ0) is 10.8. The Hall–Kier alpha value is -0.490. The van der Waals surface area contributed by atoms with E-state index in [2.05, 4.69) is 25.7 Å². The van der Waals surface area contributed by atoms with Gasteiger partial charge in [0.15, 0.2) is 0 Å². The molecule has 1 aromatic heterocycles. The maximum absolute atomic E-state index is 11.8. The normalized spacial score (nSPS) is 11.5. The van der Waals surface area contributed by atoms with Crippen molar-refractivity contribution in [3.63, 3.8) is 0 Å². The number of alkyl halides is 4. The highest BCUT2D eigenvalue weighted by Gasteiger charge is 2.32. The summed E-state index contributed by atoms with van der Waals surface area (Å²) in [5, 5.41) is 0. The Labute approximate surface area is 91.2 Å². The molecule has 0 radical (unpaired) electrons. The van der Waals surface area contributed by atoms with Crippen molar-refractivity contribution in [2.45, 2.75) is 12.2 Å². The molecule has 2 nitrogen and oxygen atoms in total. The summed E-state index contributed by atoms with van der Waals surface area (Å²) in [7, 11) is 0. The van der Waals surface area contributed by atoms with Gasteiger partial charge in [0.1, 0.15) is 0 Å². The first-order valence-electron chi connectivity index (χ1n) is 3.39. The maximum atomic E-state index is 11.8. The zero-order valence-electron chi connectivity index (χ0n) is 6.61. The SMILES string of the molecule is FC(F)(F)Oc1nc(CCl)ccc1Br. The Morgan fingerprint density at radius 1 is 1.43 bits per heavy atom. The van der Waals surface area contributed by atoms with Crippen LogP contribution in [0.3, 0.4) is 0 Å². The molecule has 7 heteroatoms. The van der Waals surface area contributed by atoms with Gasteiger partial charge in [0, 0.05) is 0 Å². The standard InChI is InChI=1S/C7H4BrClF3NO/c8-5-2-1-4(3-9)13-6(5)14-7(10,11)12/h1-2H,3H2. The fourth-order valence-corrected chi connectivity index (χ4v) is 1.17. The first-order chi connectivity index (χ1) is 6.42. The van der Waals surface area contributed by atoms with Crippen LogP contribution < -0.4 is 4.74 Å². The molecule has 0 aliphatic carbocycles. The third-order valence-electron chi connectivity index (χ3n) is 1.22. The van der Waals surface area contributed by atoms with E-state index in [0.29, 0.717) is 5.69 Å². The Bertz CT molecular complexity index is 331. The molecular weight excluding hydrogens is 286 g/mol. The molecule has 1 rings (SSSR count). The highest BCUT2D eigenvalue weighted by molar-refractivity contribution is 9.10. The summed E-state index contributed by atoms with van der Waals surface area (Å²) >= 11 is 8.29. The number of pyridine rings is 1. The molecule has 0 bridgehead atoms. The second-order valence-electron chi connectivity index (χ2n) is 2.27. The molecule has 0 amide bonds. The number of halogens is 5. The summed E-state index contributed by atoms with van der Waals surface area (Å²) in [6, 6.07) is 2.89. The predicted octanol–water partition coefficient (Wildman–Crippen LogP) is 3.48. The summed E-state index contributed by atoms with van der Waals surface area (Å²) in [5.74, 6) is -0.503. The number of rotatable bonds is 2. The first-order valence-corrected chi connectivity index (χ1v) is 4.72. The van der Waals surface area contributed by atoms with Gasteiger partial charge >= 0.3 is 6.36 Å². The molecule has 14 heavy (non-hydrogen) atoms. The minimum absolute atomic E-state index is 0.0293. The van der Waals surface area contributed by atoms with E-state index in [9.17, 15) is 13.2 Å². The van der Waals surface area contributed by atoms with Crippen LogP contribution >= 0.6 is 27.5 Å². The average molecular weight is 290 g/mol. The van der Waals surface area contributed by atoms with Crippen molar-refractivity contribution in [3.05, 3.63) is 22.3 Å². The Morgan fingerprint density at radius 3 is 2.57 bits per heavy atom. The van der Waals surface area contributed by atoms with Crippen LogP contribution in [-0.4, -0.2) is 11.3 Å². The maximum Gasteiger partial charge on any atom is 0.574 e. The van der Waals surface area contributed by atoms with Crippen molar-refractivity contribution in [3.8, 4) is 5.88 Å². The Balaban J connectivity index is 2.95. The average Bonchev–Trinajstić information content (AvgIpc) is 2.06. The van der Waals surface area contributed by atoms with E-state index in [1.807, 2.05) is 0 Å². The molecule has 1 aromatic rings. The number of aromatic nitrogens is 1. The van der Waals surface area contributed by atoms with Gasteiger partial charge in [0.2, 0.25) is 5.88 Å². The molecule has 0 N–H and O–H groups in total. The molecule has 0 spiro atoms. The second-order valence-corrected chi connectivity index (χ2v) is 3.39. The van der Waals surface area contributed by atoms with Crippen LogP contribution in [-0.2, 0) is 5.88 Å². The zero-order valence-corrected chi connectivity index (χ0v) is 8.95. The summed E-state index contributed by atoms with van der Waals surface area (Å²) < 4.78 is 39.3. The minimum atomic E-state index is -4.75. The number of ether oxygens (including phenoxy) is 1. The van der Waals surface area contributed by atoms with E-state index in [0.717, 1.165) is 0 Å². The van der Waals surface area contributed by atoms with E-state index < -0.39 is 12.2 Å². The smallest absolute Gasteiger partial charge is 0.387 e. The Morgan fingerprint density at radius 2 is 2.07 bits per heavy atom. The molecule has 0 saturated carbocycles. The van der Waals surface area contributed by atoms with Gasteiger partial charge in [0.05, 0.1) is 16.0 Å². The molecular formula is C7H4BrClF3NO. The van der Waals surface area contributed by atoms with Crippen LogP contribution in [0.15, 0.2) is 16.6 Å². The molecule has 0 atom stereocenters. The number of nitrogens with zero attached hydrogens (tertiary/aromatic N) is 1. The molecule has 0 aromatic carbocycles. The van der Waals surface area contributed by atoms with Gasteiger partial charge in [-0.05, 0) is 28.1 Å². The molecule has 0 aliphatic rings. The van der Waals surface area contributed by atoms with Gasteiger partial charge in [-0.2, -0.15) is 0 Å². The van der Waals surface area contributed by atoms with E-state index in [4.69, 9.17) is 11.6 Å². The van der Waals surface area contributed by atoms with Gasteiger partial charge in [-0.15, -0.1) is 24.8 Å². The van der Waals surface area contributed by atoms with Crippen LogP contribution in [0.1, 0.15) is 5.69 Å². The van der Waals surface area contributed by atoms with E-state index in [1.54, 1.807) is 0 Å². The first kappa shape index (κ1) is 11.6. The summed E-state index contributed by atoms with van der Waals surface area (Å²) in [6.45, 7) is 0. The molecule has 0 saturated heterocycles. The molecule has 0 unspecified atom stereocenters. The quantitative estimate of drug-likeness (QED) is 0.778. The molecule has 0 aliphatic heterocycles. The second kappa shape index (κ2) is 4.35. The monoisotopic (exact) mass is 289 g/mol. The summed E-state index contributed by atoms with van der Waals surface area (Å²) in [4.78, 5) is 3.56. The fourth-order valence-electron chi connectivity index (χ4n) is 0.717. The Kier molecular flexibility index (Phi) is 3.60. The lowest BCUT2D eigenvalue weighted by Crippen LogP contribution is -2.18. The van der Waals surface area contributed by atoms with Gasteiger partial charge in [0.25, 0.3) is 0 Å². The van der Waals surface area contributed by atoms with Gasteiger partial charge < -0.3 is 4.74 Å². The lowest BCUT2D eigenvalue weighted by molar-refractivity contribution is -0.276.